The van der Waals surface area contributed by atoms with Gasteiger partial charge in [0.05, 0.1) is 6.61 Å². The first kappa shape index (κ1) is 8.56. The molecule has 1 aromatic heterocycles. The molecule has 4 nitrogen and oxygen atoms in total. The van der Waals surface area contributed by atoms with Crippen LogP contribution in [0.15, 0.2) is 0 Å². The number of ether oxygens (including phenoxy) is 1. The Morgan fingerprint density at radius 2 is 2.46 bits per heavy atom. The van der Waals surface area contributed by atoms with Gasteiger partial charge >= 0.3 is 0 Å². The van der Waals surface area contributed by atoms with Crippen molar-refractivity contribution in [1.82, 2.24) is 10.2 Å². The molecule has 2 N–H and O–H groups in total. The van der Waals surface area contributed by atoms with Crippen molar-refractivity contribution in [3.05, 3.63) is 11.3 Å². The van der Waals surface area contributed by atoms with Crippen LogP contribution in [0.5, 0.6) is 0 Å². The third-order valence-electron chi connectivity index (χ3n) is 2.32. The summed E-state index contributed by atoms with van der Waals surface area (Å²) in [6.07, 6.45) is 2.03. The van der Waals surface area contributed by atoms with Gasteiger partial charge in [0.25, 0.3) is 0 Å². The highest BCUT2D eigenvalue weighted by atomic mass is 16.5. The van der Waals surface area contributed by atoms with Crippen molar-refractivity contribution in [3.8, 4) is 0 Å². The van der Waals surface area contributed by atoms with E-state index in [0.29, 0.717) is 0 Å². The van der Waals surface area contributed by atoms with Crippen LogP contribution >= 0.6 is 0 Å². The third-order valence-corrected chi connectivity index (χ3v) is 2.32. The summed E-state index contributed by atoms with van der Waals surface area (Å²) >= 11 is 0. The fraction of sp³-hybridized carbons (Fsp3) is 0.667. The maximum absolute atomic E-state index is 5.30. The number of hydrogen-bond acceptors (Lipinski definition) is 3. The molecule has 1 aliphatic rings. The standard InChI is InChI=1S/C9H15N3O/c1-2-13-6-4-8-7-3-5-10-9(7)12-11-8/h2-6H2,1H3,(H2,10,11,12). The number of aromatic nitrogens is 2. The molecule has 13 heavy (non-hydrogen) atoms. The second kappa shape index (κ2) is 3.79. The molecule has 0 spiro atoms. The molecular formula is C9H15N3O. The van der Waals surface area contributed by atoms with E-state index in [-0.39, 0.29) is 0 Å². The van der Waals surface area contributed by atoms with Crippen LogP contribution in [0.1, 0.15) is 18.2 Å². The predicted octanol–water partition coefficient (Wildman–Crippen LogP) is 0.957. The highest BCUT2D eigenvalue weighted by Gasteiger charge is 2.17. The summed E-state index contributed by atoms with van der Waals surface area (Å²) in [6, 6.07) is 0. The molecule has 0 bridgehead atoms. The largest absolute Gasteiger partial charge is 0.381 e. The fourth-order valence-corrected chi connectivity index (χ4v) is 1.65. The molecule has 0 aliphatic carbocycles. The van der Waals surface area contributed by atoms with Crippen LogP contribution in [0.25, 0.3) is 0 Å². The van der Waals surface area contributed by atoms with Gasteiger partial charge in [0.15, 0.2) is 5.82 Å². The molecule has 2 rings (SSSR count). The van der Waals surface area contributed by atoms with Gasteiger partial charge in [-0.25, -0.2) is 0 Å². The summed E-state index contributed by atoms with van der Waals surface area (Å²) in [7, 11) is 0. The molecule has 1 aromatic rings. The smallest absolute Gasteiger partial charge is 0.151 e. The molecule has 4 heteroatoms. The topological polar surface area (TPSA) is 49.9 Å². The van der Waals surface area contributed by atoms with E-state index in [1.165, 1.54) is 11.3 Å². The second-order valence-electron chi connectivity index (χ2n) is 3.15. The average Bonchev–Trinajstić information content (AvgIpc) is 2.68. The minimum absolute atomic E-state index is 0.783. The summed E-state index contributed by atoms with van der Waals surface area (Å²) in [6.45, 7) is 4.60. The van der Waals surface area contributed by atoms with Crippen LogP contribution < -0.4 is 5.32 Å². The summed E-state index contributed by atoms with van der Waals surface area (Å²) in [5.41, 5.74) is 2.58. The lowest BCUT2D eigenvalue weighted by atomic mass is 10.1. The van der Waals surface area contributed by atoms with Crippen molar-refractivity contribution in [2.75, 3.05) is 25.1 Å². The Labute approximate surface area is 77.7 Å². The van der Waals surface area contributed by atoms with Gasteiger partial charge in [-0.3, -0.25) is 5.10 Å². The molecule has 0 aromatic carbocycles. The van der Waals surface area contributed by atoms with E-state index in [4.69, 9.17) is 4.74 Å². The van der Waals surface area contributed by atoms with Crippen molar-refractivity contribution in [3.63, 3.8) is 0 Å². The van der Waals surface area contributed by atoms with Crippen LogP contribution in [0.4, 0.5) is 5.82 Å². The Morgan fingerprint density at radius 1 is 1.54 bits per heavy atom. The van der Waals surface area contributed by atoms with Crippen LogP contribution in [0.2, 0.25) is 0 Å². The zero-order valence-electron chi connectivity index (χ0n) is 7.89. The Bertz CT molecular complexity index is 282. The van der Waals surface area contributed by atoms with Crippen molar-refractivity contribution < 1.29 is 4.74 Å². The van der Waals surface area contributed by atoms with E-state index >= 15 is 0 Å². The van der Waals surface area contributed by atoms with Crippen LogP contribution in [0, 0.1) is 0 Å². The SMILES string of the molecule is CCOCCc1[nH]nc2c1CCN2. The zero-order chi connectivity index (χ0) is 9.10. The van der Waals surface area contributed by atoms with Crippen molar-refractivity contribution in [2.24, 2.45) is 0 Å². The van der Waals surface area contributed by atoms with Gasteiger partial charge in [-0.2, -0.15) is 5.10 Å². The predicted molar refractivity (Wildman–Crippen MR) is 51.0 cm³/mol. The first-order valence-corrected chi connectivity index (χ1v) is 4.79. The van der Waals surface area contributed by atoms with Gasteiger partial charge in [0, 0.05) is 30.8 Å². The first-order chi connectivity index (χ1) is 6.42. The van der Waals surface area contributed by atoms with Gasteiger partial charge < -0.3 is 10.1 Å². The highest BCUT2D eigenvalue weighted by Crippen LogP contribution is 2.22. The number of nitrogens with one attached hydrogen (secondary N) is 2. The van der Waals surface area contributed by atoms with Gasteiger partial charge in [-0.1, -0.05) is 0 Å². The summed E-state index contributed by atoms with van der Waals surface area (Å²) in [4.78, 5) is 0. The molecule has 0 amide bonds. The van der Waals surface area contributed by atoms with E-state index < -0.39 is 0 Å². The van der Waals surface area contributed by atoms with Gasteiger partial charge in [0.2, 0.25) is 0 Å². The molecule has 0 fully saturated rings. The molecule has 0 atom stereocenters. The fourth-order valence-electron chi connectivity index (χ4n) is 1.65. The minimum atomic E-state index is 0.783. The Balaban J connectivity index is 1.96. The molecule has 0 unspecified atom stereocenters. The minimum Gasteiger partial charge on any atom is -0.381 e. The van der Waals surface area contributed by atoms with E-state index in [1.807, 2.05) is 6.92 Å². The molecular weight excluding hydrogens is 166 g/mol. The first-order valence-electron chi connectivity index (χ1n) is 4.79. The zero-order valence-corrected chi connectivity index (χ0v) is 7.89. The van der Waals surface area contributed by atoms with E-state index in [9.17, 15) is 0 Å². The van der Waals surface area contributed by atoms with Gasteiger partial charge in [0.1, 0.15) is 0 Å². The maximum atomic E-state index is 5.30. The average molecular weight is 181 g/mol. The van der Waals surface area contributed by atoms with Crippen LogP contribution in [-0.4, -0.2) is 30.0 Å². The van der Waals surface area contributed by atoms with E-state index in [0.717, 1.165) is 38.4 Å². The maximum Gasteiger partial charge on any atom is 0.151 e. The van der Waals surface area contributed by atoms with Crippen LogP contribution in [-0.2, 0) is 17.6 Å². The third kappa shape index (κ3) is 1.67. The van der Waals surface area contributed by atoms with Crippen molar-refractivity contribution in [1.29, 1.82) is 0 Å². The number of rotatable bonds is 4. The second-order valence-corrected chi connectivity index (χ2v) is 3.15. The number of H-pyrrole nitrogens is 1. The quantitative estimate of drug-likeness (QED) is 0.680. The summed E-state index contributed by atoms with van der Waals surface area (Å²) in [5.74, 6) is 1.03. The molecule has 0 saturated carbocycles. The van der Waals surface area contributed by atoms with Crippen LogP contribution in [0.3, 0.4) is 0 Å². The molecule has 0 radical (unpaired) electrons. The molecule has 2 heterocycles. The number of aromatic amines is 1. The van der Waals surface area contributed by atoms with E-state index in [1.54, 1.807) is 0 Å². The number of anilines is 1. The molecule has 72 valence electrons. The molecule has 0 saturated heterocycles. The van der Waals surface area contributed by atoms with Crippen molar-refractivity contribution >= 4 is 5.82 Å². The monoisotopic (exact) mass is 181 g/mol. The van der Waals surface area contributed by atoms with E-state index in [2.05, 4.69) is 15.5 Å². The lowest BCUT2D eigenvalue weighted by Crippen LogP contribution is -2.01. The Morgan fingerprint density at radius 3 is 3.31 bits per heavy atom. The normalized spacial score (nSPS) is 14.2. The molecule has 1 aliphatic heterocycles. The number of hydrogen-bond donors (Lipinski definition) is 2. The van der Waals surface area contributed by atoms with Gasteiger partial charge in [-0.15, -0.1) is 0 Å². The van der Waals surface area contributed by atoms with Crippen molar-refractivity contribution in [2.45, 2.75) is 19.8 Å². The lowest BCUT2D eigenvalue weighted by molar-refractivity contribution is 0.150. The lowest BCUT2D eigenvalue weighted by Gasteiger charge is -1.99. The highest BCUT2D eigenvalue weighted by molar-refractivity contribution is 5.51. The number of nitrogens with zero attached hydrogens (tertiary/aromatic N) is 1. The van der Waals surface area contributed by atoms with Gasteiger partial charge in [-0.05, 0) is 13.3 Å². The Hall–Kier alpha value is -1.03. The summed E-state index contributed by atoms with van der Waals surface area (Å²) < 4.78 is 5.30. The Kier molecular flexibility index (Phi) is 2.49. The number of fused-ring (bicyclic) bond motifs is 1. The summed E-state index contributed by atoms with van der Waals surface area (Å²) in [5, 5.41) is 10.5.